The first-order chi connectivity index (χ1) is 15.1. The number of nitrogens with zero attached hydrogens (tertiary/aromatic N) is 4. The zero-order valence-corrected chi connectivity index (χ0v) is 17.2. The fraction of sp³-hybridized carbons (Fsp3) is 0.174. The lowest BCUT2D eigenvalue weighted by Crippen LogP contribution is -2.24. The van der Waals surface area contributed by atoms with Gasteiger partial charge in [0.2, 0.25) is 0 Å². The summed E-state index contributed by atoms with van der Waals surface area (Å²) in [6.45, 7) is 3.99. The predicted molar refractivity (Wildman–Crippen MR) is 115 cm³/mol. The van der Waals surface area contributed by atoms with Crippen molar-refractivity contribution >= 4 is 22.9 Å². The number of benzene rings is 1. The summed E-state index contributed by atoms with van der Waals surface area (Å²) in [6, 6.07) is 14.7. The van der Waals surface area contributed by atoms with Gasteiger partial charge in [-0.15, -0.1) is 0 Å². The molecule has 0 aliphatic rings. The van der Waals surface area contributed by atoms with Crippen LogP contribution in [0, 0.1) is 6.92 Å². The molecule has 1 N–H and O–H groups in total. The van der Waals surface area contributed by atoms with Crippen molar-refractivity contribution < 1.29 is 14.3 Å². The van der Waals surface area contributed by atoms with E-state index in [4.69, 9.17) is 4.74 Å². The number of aryl methyl sites for hydroxylation is 1. The maximum Gasteiger partial charge on any atom is 0.339 e. The van der Waals surface area contributed by atoms with E-state index in [2.05, 4.69) is 20.3 Å². The summed E-state index contributed by atoms with van der Waals surface area (Å²) >= 11 is 0. The first kappa shape index (κ1) is 20.2. The van der Waals surface area contributed by atoms with Crippen LogP contribution in [0.2, 0.25) is 0 Å². The number of carbonyl (C=O) groups excluding carboxylic acids is 2. The van der Waals surface area contributed by atoms with Gasteiger partial charge in [-0.05, 0) is 49.7 Å². The fourth-order valence-corrected chi connectivity index (χ4v) is 3.19. The Bertz CT molecular complexity index is 1250. The van der Waals surface area contributed by atoms with E-state index < -0.39 is 5.97 Å². The molecule has 0 spiro atoms. The van der Waals surface area contributed by atoms with Crippen molar-refractivity contribution in [2.75, 3.05) is 6.61 Å². The van der Waals surface area contributed by atoms with E-state index in [0.29, 0.717) is 17.8 Å². The first-order valence-corrected chi connectivity index (χ1v) is 9.87. The lowest BCUT2D eigenvalue weighted by molar-refractivity contribution is 0.0524. The molecule has 1 aromatic carbocycles. The Morgan fingerprint density at radius 1 is 1.06 bits per heavy atom. The Kier molecular flexibility index (Phi) is 5.70. The zero-order chi connectivity index (χ0) is 21.8. The van der Waals surface area contributed by atoms with Gasteiger partial charge in [-0.1, -0.05) is 18.2 Å². The second kappa shape index (κ2) is 8.74. The zero-order valence-electron chi connectivity index (χ0n) is 17.2. The summed E-state index contributed by atoms with van der Waals surface area (Å²) in [5, 5.41) is 2.82. The molecule has 156 valence electrons. The van der Waals surface area contributed by atoms with Gasteiger partial charge in [0, 0.05) is 12.7 Å². The monoisotopic (exact) mass is 415 g/mol. The topological polar surface area (TPSA) is 99.0 Å². The minimum Gasteiger partial charge on any atom is -0.462 e. The Balaban J connectivity index is 1.42. The van der Waals surface area contributed by atoms with Gasteiger partial charge >= 0.3 is 5.97 Å². The minimum atomic E-state index is -0.448. The molecule has 3 aromatic heterocycles. The molecule has 0 atom stereocenters. The normalized spacial score (nSPS) is 10.8. The molecular formula is C23H21N5O3. The second-order valence-electron chi connectivity index (χ2n) is 6.86. The summed E-state index contributed by atoms with van der Waals surface area (Å²) in [6.07, 6.45) is 3.45. The third-order valence-corrected chi connectivity index (χ3v) is 4.78. The number of nitrogens with one attached hydrogen (secondary N) is 1. The molecule has 0 saturated carbocycles. The number of hydrogen-bond donors (Lipinski definition) is 1. The summed E-state index contributed by atoms with van der Waals surface area (Å²) in [5.41, 5.74) is 3.76. The van der Waals surface area contributed by atoms with Crippen LogP contribution in [0.3, 0.4) is 0 Å². The Labute approximate surface area is 178 Å². The van der Waals surface area contributed by atoms with Gasteiger partial charge in [-0.2, -0.15) is 0 Å². The number of fused-ring (bicyclic) bond motifs is 1. The van der Waals surface area contributed by atoms with Gasteiger partial charge in [0.1, 0.15) is 17.8 Å². The number of imidazole rings is 1. The number of carbonyl (C=O) groups is 2. The minimum absolute atomic E-state index is 0.236. The summed E-state index contributed by atoms with van der Waals surface area (Å²) < 4.78 is 6.89. The molecule has 3 heterocycles. The molecule has 8 nitrogen and oxygen atoms in total. The third kappa shape index (κ3) is 4.28. The van der Waals surface area contributed by atoms with E-state index in [-0.39, 0.29) is 18.2 Å². The average Bonchev–Trinajstić information content (AvgIpc) is 3.22. The maximum absolute atomic E-state index is 12.5. The molecule has 8 heteroatoms. The molecule has 0 fully saturated rings. The molecule has 31 heavy (non-hydrogen) atoms. The summed E-state index contributed by atoms with van der Waals surface area (Å²) in [7, 11) is 0. The van der Waals surface area contributed by atoms with Gasteiger partial charge in [-0.25, -0.2) is 19.7 Å². The largest absolute Gasteiger partial charge is 0.462 e. The highest BCUT2D eigenvalue weighted by Gasteiger charge is 2.15. The highest BCUT2D eigenvalue weighted by atomic mass is 16.5. The first-order valence-electron chi connectivity index (χ1n) is 9.87. The summed E-state index contributed by atoms with van der Waals surface area (Å²) in [4.78, 5) is 37.4. The van der Waals surface area contributed by atoms with Crippen LogP contribution < -0.4 is 5.32 Å². The summed E-state index contributed by atoms with van der Waals surface area (Å²) in [5.74, 6) is -0.0323. The van der Waals surface area contributed by atoms with Crippen LogP contribution in [-0.4, -0.2) is 38.0 Å². The highest BCUT2D eigenvalue weighted by molar-refractivity contribution is 5.95. The standard InChI is InChI=1S/C23H21N5O3/c1-3-31-23(30)17-9-10-19(27-15(17)2)22(29)25-13-16-8-11-21(24-12-16)28-14-26-18-6-4-5-7-20(18)28/h4-12,14H,3,13H2,1-2H3,(H,25,29). The Hall–Kier alpha value is -4.07. The van der Waals surface area contributed by atoms with Crippen LogP contribution in [0.25, 0.3) is 16.9 Å². The number of para-hydroxylation sites is 2. The lowest BCUT2D eigenvalue weighted by atomic mass is 10.2. The van der Waals surface area contributed by atoms with Gasteiger partial charge in [0.25, 0.3) is 5.91 Å². The van der Waals surface area contributed by atoms with Gasteiger partial charge in [0.05, 0.1) is 28.9 Å². The lowest BCUT2D eigenvalue weighted by Gasteiger charge is -2.09. The van der Waals surface area contributed by atoms with E-state index >= 15 is 0 Å². The van der Waals surface area contributed by atoms with Crippen molar-refractivity contribution in [2.24, 2.45) is 0 Å². The number of ether oxygens (including phenoxy) is 1. The van der Waals surface area contributed by atoms with Crippen molar-refractivity contribution in [3.8, 4) is 5.82 Å². The molecule has 1 amide bonds. The van der Waals surface area contributed by atoms with Crippen LogP contribution in [-0.2, 0) is 11.3 Å². The molecular weight excluding hydrogens is 394 g/mol. The van der Waals surface area contributed by atoms with E-state index in [0.717, 1.165) is 22.4 Å². The average molecular weight is 415 g/mol. The van der Waals surface area contributed by atoms with E-state index in [1.165, 1.54) is 6.07 Å². The van der Waals surface area contributed by atoms with Crippen LogP contribution in [0.4, 0.5) is 0 Å². The molecule has 0 saturated heterocycles. The van der Waals surface area contributed by atoms with Crippen molar-refractivity contribution in [3.63, 3.8) is 0 Å². The van der Waals surface area contributed by atoms with Crippen molar-refractivity contribution in [1.29, 1.82) is 0 Å². The smallest absolute Gasteiger partial charge is 0.339 e. The van der Waals surface area contributed by atoms with Gasteiger partial charge in [0.15, 0.2) is 0 Å². The molecule has 0 unspecified atom stereocenters. The molecule has 0 bridgehead atoms. The maximum atomic E-state index is 12.5. The number of esters is 1. The van der Waals surface area contributed by atoms with Crippen molar-refractivity contribution in [3.05, 3.63) is 83.6 Å². The van der Waals surface area contributed by atoms with Crippen LogP contribution in [0.15, 0.2) is 61.1 Å². The number of pyridine rings is 2. The number of amides is 1. The van der Waals surface area contributed by atoms with Crippen molar-refractivity contribution in [1.82, 2.24) is 24.8 Å². The SMILES string of the molecule is CCOC(=O)c1ccc(C(=O)NCc2ccc(-n3cnc4ccccc43)nc2)nc1C. The van der Waals surface area contributed by atoms with Crippen LogP contribution in [0.1, 0.15) is 39.0 Å². The van der Waals surface area contributed by atoms with E-state index in [9.17, 15) is 9.59 Å². The predicted octanol–water partition coefficient (Wildman–Crippen LogP) is 3.23. The van der Waals surface area contributed by atoms with E-state index in [1.807, 2.05) is 41.0 Å². The second-order valence-corrected chi connectivity index (χ2v) is 6.86. The van der Waals surface area contributed by atoms with Crippen molar-refractivity contribution in [2.45, 2.75) is 20.4 Å². The molecule has 0 radical (unpaired) electrons. The van der Waals surface area contributed by atoms with E-state index in [1.54, 1.807) is 32.4 Å². The van der Waals surface area contributed by atoms with Crippen LogP contribution >= 0.6 is 0 Å². The highest BCUT2D eigenvalue weighted by Crippen LogP contribution is 2.16. The number of aromatic nitrogens is 4. The third-order valence-electron chi connectivity index (χ3n) is 4.78. The fourth-order valence-electron chi connectivity index (χ4n) is 3.19. The molecule has 0 aliphatic carbocycles. The Morgan fingerprint density at radius 2 is 1.90 bits per heavy atom. The molecule has 4 aromatic rings. The number of rotatable bonds is 6. The van der Waals surface area contributed by atoms with Gasteiger partial charge in [-0.3, -0.25) is 9.36 Å². The molecule has 4 rings (SSSR count). The quantitative estimate of drug-likeness (QED) is 0.486. The Morgan fingerprint density at radius 3 is 2.65 bits per heavy atom. The number of hydrogen-bond acceptors (Lipinski definition) is 6. The van der Waals surface area contributed by atoms with Crippen LogP contribution in [0.5, 0.6) is 0 Å². The van der Waals surface area contributed by atoms with Gasteiger partial charge < -0.3 is 10.1 Å². The molecule has 0 aliphatic heterocycles.